The molecule has 1 aliphatic rings. The highest BCUT2D eigenvalue weighted by Gasteiger charge is 2.25. The summed E-state index contributed by atoms with van der Waals surface area (Å²) in [6.45, 7) is 4.00. The summed E-state index contributed by atoms with van der Waals surface area (Å²) in [6.07, 6.45) is 3.46. The maximum Gasteiger partial charge on any atom is 0.227 e. The molecule has 0 bridgehead atoms. The third kappa shape index (κ3) is 5.27. The van der Waals surface area contributed by atoms with Crippen molar-refractivity contribution in [3.63, 3.8) is 0 Å². The lowest BCUT2D eigenvalue weighted by Crippen LogP contribution is -2.37. The van der Waals surface area contributed by atoms with Gasteiger partial charge >= 0.3 is 0 Å². The molecule has 2 heterocycles. The number of hydrogen-bond acceptors (Lipinski definition) is 5. The minimum absolute atomic E-state index is 0.0262. The van der Waals surface area contributed by atoms with Crippen LogP contribution in [0.1, 0.15) is 24.6 Å². The van der Waals surface area contributed by atoms with Crippen LogP contribution in [0.3, 0.4) is 0 Å². The first-order chi connectivity index (χ1) is 12.5. The van der Waals surface area contributed by atoms with Crippen LogP contribution in [-0.2, 0) is 16.1 Å². The van der Waals surface area contributed by atoms with Gasteiger partial charge in [-0.3, -0.25) is 14.5 Å². The molecule has 1 aromatic carbocycles. The number of carbonyl (C=O) groups excluding carboxylic acids is 2. The fourth-order valence-electron chi connectivity index (χ4n) is 2.94. The van der Waals surface area contributed by atoms with Crippen molar-refractivity contribution in [2.45, 2.75) is 26.3 Å². The van der Waals surface area contributed by atoms with Crippen LogP contribution >= 0.6 is 22.9 Å². The van der Waals surface area contributed by atoms with E-state index in [-0.39, 0.29) is 17.7 Å². The molecule has 8 heteroatoms. The summed E-state index contributed by atoms with van der Waals surface area (Å²) < 4.78 is 0. The maximum absolute atomic E-state index is 12.4. The minimum atomic E-state index is -0.113. The highest BCUT2D eigenvalue weighted by Crippen LogP contribution is 2.24. The van der Waals surface area contributed by atoms with Gasteiger partial charge < -0.3 is 10.6 Å². The summed E-state index contributed by atoms with van der Waals surface area (Å²) in [5.74, 6) is -0.0190. The average molecular weight is 393 g/mol. The number of benzene rings is 1. The molecule has 1 aliphatic heterocycles. The number of aromatic nitrogens is 1. The molecular formula is C18H21ClN4O2S. The first kappa shape index (κ1) is 18.8. The van der Waals surface area contributed by atoms with E-state index in [1.54, 1.807) is 18.3 Å². The SMILES string of the molecule is CC(=O)Nc1ncc(CN2CCC(C(=O)Nc3ccc(Cl)cc3)CC2)s1. The molecule has 0 radical (unpaired) electrons. The summed E-state index contributed by atoms with van der Waals surface area (Å²) in [4.78, 5) is 31.1. The number of rotatable bonds is 5. The van der Waals surface area contributed by atoms with Gasteiger partial charge in [-0.05, 0) is 50.2 Å². The van der Waals surface area contributed by atoms with Crippen molar-refractivity contribution in [2.24, 2.45) is 5.92 Å². The van der Waals surface area contributed by atoms with Crippen molar-refractivity contribution in [1.82, 2.24) is 9.88 Å². The molecule has 6 nitrogen and oxygen atoms in total. The minimum Gasteiger partial charge on any atom is -0.326 e. The van der Waals surface area contributed by atoms with Crippen molar-refractivity contribution < 1.29 is 9.59 Å². The number of thiazole rings is 1. The molecule has 0 aliphatic carbocycles. The lowest BCUT2D eigenvalue weighted by atomic mass is 9.96. The molecule has 0 spiro atoms. The van der Waals surface area contributed by atoms with Gasteiger partial charge in [0.2, 0.25) is 11.8 Å². The molecule has 3 rings (SSSR count). The van der Waals surface area contributed by atoms with Crippen LogP contribution in [0.4, 0.5) is 10.8 Å². The zero-order valence-electron chi connectivity index (χ0n) is 14.5. The van der Waals surface area contributed by atoms with Crippen LogP contribution in [0.2, 0.25) is 5.02 Å². The molecule has 1 saturated heterocycles. The van der Waals surface area contributed by atoms with Gasteiger partial charge in [0.25, 0.3) is 0 Å². The number of carbonyl (C=O) groups is 2. The van der Waals surface area contributed by atoms with Gasteiger partial charge in [-0.15, -0.1) is 11.3 Å². The van der Waals surface area contributed by atoms with Crippen molar-refractivity contribution in [2.75, 3.05) is 23.7 Å². The Hall–Kier alpha value is -1.96. The predicted octanol–water partition coefficient (Wildman–Crippen LogP) is 3.61. The summed E-state index contributed by atoms with van der Waals surface area (Å²) in [7, 11) is 0. The van der Waals surface area contributed by atoms with Crippen LogP contribution < -0.4 is 10.6 Å². The van der Waals surface area contributed by atoms with Gasteiger partial charge in [0.05, 0.1) is 0 Å². The summed E-state index contributed by atoms with van der Waals surface area (Å²) in [5.41, 5.74) is 0.775. The zero-order chi connectivity index (χ0) is 18.5. The van der Waals surface area contributed by atoms with Crippen molar-refractivity contribution >= 4 is 45.6 Å². The second-order valence-corrected chi connectivity index (χ2v) is 7.91. The Morgan fingerprint density at radius 1 is 1.23 bits per heavy atom. The van der Waals surface area contributed by atoms with E-state index in [9.17, 15) is 9.59 Å². The monoisotopic (exact) mass is 392 g/mol. The molecule has 26 heavy (non-hydrogen) atoms. The number of piperidine rings is 1. The number of hydrogen-bond donors (Lipinski definition) is 2. The van der Waals surface area contributed by atoms with E-state index < -0.39 is 0 Å². The first-order valence-corrected chi connectivity index (χ1v) is 9.70. The van der Waals surface area contributed by atoms with E-state index in [0.29, 0.717) is 10.2 Å². The van der Waals surface area contributed by atoms with Crippen LogP contribution in [0, 0.1) is 5.92 Å². The number of amides is 2. The van der Waals surface area contributed by atoms with Crippen molar-refractivity contribution in [3.8, 4) is 0 Å². The Bertz CT molecular complexity index is 770. The first-order valence-electron chi connectivity index (χ1n) is 8.50. The van der Waals surface area contributed by atoms with Gasteiger partial charge in [0, 0.05) is 41.2 Å². The van der Waals surface area contributed by atoms with Gasteiger partial charge in [-0.1, -0.05) is 11.6 Å². The normalized spacial score (nSPS) is 15.6. The smallest absolute Gasteiger partial charge is 0.227 e. The van der Waals surface area contributed by atoms with Crippen molar-refractivity contribution in [3.05, 3.63) is 40.4 Å². The predicted molar refractivity (Wildman–Crippen MR) is 105 cm³/mol. The molecule has 2 aromatic rings. The molecule has 2 amide bonds. The van der Waals surface area contributed by atoms with E-state index in [1.165, 1.54) is 18.3 Å². The Kier molecular flexibility index (Phi) is 6.24. The fraction of sp³-hybridized carbons (Fsp3) is 0.389. The highest BCUT2D eigenvalue weighted by atomic mass is 35.5. The summed E-state index contributed by atoms with van der Waals surface area (Å²) in [5, 5.41) is 6.94. The number of nitrogens with one attached hydrogen (secondary N) is 2. The lowest BCUT2D eigenvalue weighted by molar-refractivity contribution is -0.121. The molecule has 1 fully saturated rings. The largest absolute Gasteiger partial charge is 0.326 e. The van der Waals surface area contributed by atoms with Crippen molar-refractivity contribution in [1.29, 1.82) is 0 Å². The Morgan fingerprint density at radius 3 is 2.58 bits per heavy atom. The van der Waals surface area contributed by atoms with Gasteiger partial charge in [0.1, 0.15) is 0 Å². The molecule has 2 N–H and O–H groups in total. The highest BCUT2D eigenvalue weighted by molar-refractivity contribution is 7.15. The Balaban J connectivity index is 1.46. The topological polar surface area (TPSA) is 74.3 Å². The molecule has 0 atom stereocenters. The van der Waals surface area contributed by atoms with Crippen LogP contribution in [0.5, 0.6) is 0 Å². The molecule has 1 aromatic heterocycles. The second-order valence-electron chi connectivity index (χ2n) is 6.36. The molecule has 138 valence electrons. The van der Waals surface area contributed by atoms with Crippen LogP contribution in [0.25, 0.3) is 0 Å². The Labute approximate surface area is 161 Å². The number of nitrogens with zero attached hydrogens (tertiary/aromatic N) is 2. The fourth-order valence-corrected chi connectivity index (χ4v) is 3.97. The maximum atomic E-state index is 12.4. The van der Waals surface area contributed by atoms with Gasteiger partial charge in [-0.2, -0.15) is 0 Å². The van der Waals surface area contributed by atoms with Gasteiger partial charge in [-0.25, -0.2) is 4.98 Å². The number of halogens is 1. The van der Waals surface area contributed by atoms with Gasteiger partial charge in [0.15, 0.2) is 5.13 Å². The van der Waals surface area contributed by atoms with E-state index >= 15 is 0 Å². The van der Waals surface area contributed by atoms with Crippen LogP contribution in [0.15, 0.2) is 30.5 Å². The second kappa shape index (κ2) is 8.62. The number of likely N-dealkylation sites (tertiary alicyclic amines) is 1. The third-order valence-electron chi connectivity index (χ3n) is 4.29. The van der Waals surface area contributed by atoms with E-state index in [1.807, 2.05) is 12.1 Å². The average Bonchev–Trinajstić information content (AvgIpc) is 3.03. The summed E-state index contributed by atoms with van der Waals surface area (Å²) in [6, 6.07) is 7.16. The van der Waals surface area contributed by atoms with E-state index in [4.69, 9.17) is 11.6 Å². The lowest BCUT2D eigenvalue weighted by Gasteiger charge is -2.30. The van der Waals surface area contributed by atoms with E-state index in [2.05, 4.69) is 20.5 Å². The third-order valence-corrected chi connectivity index (χ3v) is 5.44. The Morgan fingerprint density at radius 2 is 1.92 bits per heavy atom. The number of anilines is 2. The molecule has 0 unspecified atom stereocenters. The summed E-state index contributed by atoms with van der Waals surface area (Å²) >= 11 is 7.35. The van der Waals surface area contributed by atoms with E-state index in [0.717, 1.165) is 43.0 Å². The molecular weight excluding hydrogens is 372 g/mol. The van der Waals surface area contributed by atoms with Crippen LogP contribution in [-0.4, -0.2) is 34.8 Å². The molecule has 0 saturated carbocycles. The quantitative estimate of drug-likeness (QED) is 0.815. The standard InChI is InChI=1S/C18H21ClN4O2S/c1-12(24)21-18-20-10-16(26-18)11-23-8-6-13(7-9-23)17(25)22-15-4-2-14(19)3-5-15/h2-5,10,13H,6-9,11H2,1H3,(H,22,25)(H,20,21,24). The zero-order valence-corrected chi connectivity index (χ0v) is 16.1.